The molecule has 0 aliphatic carbocycles. The molecule has 3 nitrogen and oxygen atoms in total. The Hall–Kier alpha value is -1.84. The molecule has 1 heterocycles. The molecule has 0 bridgehead atoms. The summed E-state index contributed by atoms with van der Waals surface area (Å²) in [7, 11) is 0. The second kappa shape index (κ2) is 7.25. The van der Waals surface area contributed by atoms with E-state index < -0.39 is 0 Å². The largest absolute Gasteiger partial charge is 0.307 e. The highest BCUT2D eigenvalue weighted by Crippen LogP contribution is 2.27. The summed E-state index contributed by atoms with van der Waals surface area (Å²) >= 11 is 6.57. The van der Waals surface area contributed by atoms with E-state index >= 15 is 0 Å². The summed E-state index contributed by atoms with van der Waals surface area (Å²) in [5.74, 6) is 0.302. The highest BCUT2D eigenvalue weighted by molar-refractivity contribution is 7.73. The van der Waals surface area contributed by atoms with Crippen molar-refractivity contribution in [2.24, 2.45) is 4.99 Å². The molecule has 1 aromatic carbocycles. The average molecular weight is 319 g/mol. The number of nitriles is 1. The van der Waals surface area contributed by atoms with Crippen LogP contribution in [0.4, 0.5) is 10.2 Å². The second-order valence-electron chi connectivity index (χ2n) is 4.45. The normalized spacial score (nSPS) is 10.9. The van der Waals surface area contributed by atoms with Gasteiger partial charge in [0, 0.05) is 12.8 Å². The Kier molecular flexibility index (Phi) is 5.37. The molecule has 0 saturated heterocycles. The van der Waals surface area contributed by atoms with Gasteiger partial charge in [0.15, 0.2) is 14.6 Å². The number of aromatic nitrogens is 1. The number of nitrogens with zero attached hydrogens (tertiary/aromatic N) is 3. The van der Waals surface area contributed by atoms with E-state index in [0.29, 0.717) is 14.6 Å². The molecule has 0 unspecified atom stereocenters. The first-order valence-corrected chi connectivity index (χ1v) is 7.81. The van der Waals surface area contributed by atoms with E-state index in [1.807, 2.05) is 4.57 Å². The lowest BCUT2D eigenvalue weighted by Gasteiger charge is -2.04. The van der Waals surface area contributed by atoms with Crippen LogP contribution in [0.25, 0.3) is 0 Å². The van der Waals surface area contributed by atoms with E-state index in [-0.39, 0.29) is 5.82 Å². The van der Waals surface area contributed by atoms with Crippen LogP contribution in [-0.4, -0.2) is 10.8 Å². The SMILES string of the molecule is CCCCn1c(/N=C/c2ccc(F)cc2)c(C#N)sc1=S. The summed E-state index contributed by atoms with van der Waals surface area (Å²) in [5.41, 5.74) is 0.777. The van der Waals surface area contributed by atoms with Gasteiger partial charge in [-0.15, -0.1) is 0 Å². The lowest BCUT2D eigenvalue weighted by molar-refractivity contribution is 0.628. The zero-order valence-corrected chi connectivity index (χ0v) is 13.2. The van der Waals surface area contributed by atoms with Gasteiger partial charge in [-0.05, 0) is 36.3 Å². The Morgan fingerprint density at radius 2 is 2.14 bits per heavy atom. The number of unbranched alkanes of at least 4 members (excludes halogenated alkanes) is 1. The predicted molar refractivity (Wildman–Crippen MR) is 86.4 cm³/mol. The van der Waals surface area contributed by atoms with Crippen LogP contribution in [0.15, 0.2) is 29.3 Å². The number of aliphatic imine (C=N–C) groups is 1. The van der Waals surface area contributed by atoms with Gasteiger partial charge in [0.25, 0.3) is 0 Å². The van der Waals surface area contributed by atoms with Crippen LogP contribution in [0.2, 0.25) is 0 Å². The van der Waals surface area contributed by atoms with Gasteiger partial charge in [-0.25, -0.2) is 9.38 Å². The number of thiazole rings is 1. The average Bonchev–Trinajstić information content (AvgIpc) is 2.80. The molecule has 108 valence electrons. The molecule has 0 N–H and O–H groups in total. The van der Waals surface area contributed by atoms with Crippen LogP contribution >= 0.6 is 23.6 Å². The first-order chi connectivity index (χ1) is 10.2. The molecule has 2 rings (SSSR count). The van der Waals surface area contributed by atoms with Crippen LogP contribution in [0.3, 0.4) is 0 Å². The fourth-order valence-corrected chi connectivity index (χ4v) is 2.99. The lowest BCUT2D eigenvalue weighted by Crippen LogP contribution is -1.97. The maximum atomic E-state index is 12.9. The Bertz CT molecular complexity index is 736. The molecule has 0 fully saturated rings. The van der Waals surface area contributed by atoms with Crippen LogP contribution in [0.1, 0.15) is 30.2 Å². The van der Waals surface area contributed by atoms with E-state index in [2.05, 4.69) is 18.0 Å². The van der Waals surface area contributed by atoms with E-state index in [9.17, 15) is 9.65 Å². The summed E-state index contributed by atoms with van der Waals surface area (Å²) in [6.07, 6.45) is 3.65. The fraction of sp³-hybridized carbons (Fsp3) is 0.267. The van der Waals surface area contributed by atoms with Crippen molar-refractivity contribution in [2.75, 3.05) is 0 Å². The third kappa shape index (κ3) is 3.84. The summed E-state index contributed by atoms with van der Waals surface area (Å²) in [5, 5.41) is 9.19. The van der Waals surface area contributed by atoms with Gasteiger partial charge in [-0.2, -0.15) is 5.26 Å². The van der Waals surface area contributed by atoms with Crippen LogP contribution in [0, 0.1) is 21.1 Å². The van der Waals surface area contributed by atoms with E-state index in [1.165, 1.54) is 23.5 Å². The van der Waals surface area contributed by atoms with Gasteiger partial charge in [0.2, 0.25) is 0 Å². The van der Waals surface area contributed by atoms with Crippen molar-refractivity contribution >= 4 is 35.6 Å². The van der Waals surface area contributed by atoms with Crippen molar-refractivity contribution in [3.8, 4) is 6.07 Å². The minimum absolute atomic E-state index is 0.286. The Labute approximate surface area is 132 Å². The summed E-state index contributed by atoms with van der Waals surface area (Å²) in [6, 6.07) is 8.18. The second-order valence-corrected chi connectivity index (χ2v) is 6.09. The molecule has 0 aliphatic heterocycles. The molecule has 1 aromatic heterocycles. The molecule has 0 spiro atoms. The molecule has 0 amide bonds. The van der Waals surface area contributed by atoms with E-state index in [0.717, 1.165) is 24.9 Å². The van der Waals surface area contributed by atoms with Crippen molar-refractivity contribution in [2.45, 2.75) is 26.3 Å². The molecule has 0 atom stereocenters. The van der Waals surface area contributed by atoms with Crippen molar-refractivity contribution in [1.82, 2.24) is 4.57 Å². The van der Waals surface area contributed by atoms with Gasteiger partial charge < -0.3 is 4.57 Å². The Morgan fingerprint density at radius 1 is 1.43 bits per heavy atom. The van der Waals surface area contributed by atoms with Crippen molar-refractivity contribution < 1.29 is 4.39 Å². The standard InChI is InChI=1S/C15H14FN3S2/c1-2-3-8-19-14(13(9-17)21-15(19)20)18-10-11-4-6-12(16)7-5-11/h4-7,10H,2-3,8H2,1H3/b18-10+. The van der Waals surface area contributed by atoms with Crippen LogP contribution in [-0.2, 0) is 6.54 Å². The smallest absolute Gasteiger partial charge is 0.164 e. The lowest BCUT2D eigenvalue weighted by atomic mass is 10.2. The van der Waals surface area contributed by atoms with E-state index in [1.54, 1.807) is 18.3 Å². The number of benzene rings is 1. The number of hydrogen-bond donors (Lipinski definition) is 0. The molecular weight excluding hydrogens is 305 g/mol. The number of rotatable bonds is 5. The van der Waals surface area contributed by atoms with Gasteiger partial charge in [0.05, 0.1) is 0 Å². The molecule has 0 saturated carbocycles. The quantitative estimate of drug-likeness (QED) is 0.584. The van der Waals surface area contributed by atoms with Gasteiger partial charge in [0.1, 0.15) is 11.9 Å². The monoisotopic (exact) mass is 319 g/mol. The number of halogens is 1. The third-order valence-corrected chi connectivity index (χ3v) is 4.25. The minimum atomic E-state index is -0.286. The third-order valence-electron chi connectivity index (χ3n) is 2.91. The van der Waals surface area contributed by atoms with Crippen molar-refractivity contribution in [3.05, 3.63) is 44.5 Å². The predicted octanol–water partition coefficient (Wildman–Crippen LogP) is 4.84. The Morgan fingerprint density at radius 3 is 2.76 bits per heavy atom. The topological polar surface area (TPSA) is 41.1 Å². The zero-order valence-electron chi connectivity index (χ0n) is 11.5. The van der Waals surface area contributed by atoms with E-state index in [4.69, 9.17) is 12.2 Å². The summed E-state index contributed by atoms with van der Waals surface area (Å²) in [4.78, 5) is 4.90. The first kappa shape index (κ1) is 15.5. The molecule has 0 aliphatic rings. The fourth-order valence-electron chi connectivity index (χ4n) is 1.80. The molecule has 6 heteroatoms. The minimum Gasteiger partial charge on any atom is -0.307 e. The molecule has 21 heavy (non-hydrogen) atoms. The van der Waals surface area contributed by atoms with Gasteiger partial charge in [-0.1, -0.05) is 36.8 Å². The maximum absolute atomic E-state index is 12.9. The summed E-state index contributed by atoms with van der Waals surface area (Å²) in [6.45, 7) is 2.85. The zero-order chi connectivity index (χ0) is 15.2. The summed E-state index contributed by atoms with van der Waals surface area (Å²) < 4.78 is 15.4. The highest BCUT2D eigenvalue weighted by atomic mass is 32.1. The van der Waals surface area contributed by atoms with Crippen molar-refractivity contribution in [3.63, 3.8) is 0 Å². The van der Waals surface area contributed by atoms with Crippen LogP contribution < -0.4 is 0 Å². The molecular formula is C15H14FN3S2. The molecule has 2 aromatic rings. The van der Waals surface area contributed by atoms with Crippen molar-refractivity contribution in [1.29, 1.82) is 5.26 Å². The first-order valence-electron chi connectivity index (χ1n) is 6.59. The number of hydrogen-bond acceptors (Lipinski definition) is 4. The van der Waals surface area contributed by atoms with Crippen LogP contribution in [0.5, 0.6) is 0 Å². The Balaban J connectivity index is 2.35. The highest BCUT2D eigenvalue weighted by Gasteiger charge is 2.11. The van der Waals surface area contributed by atoms with Gasteiger partial charge in [-0.3, -0.25) is 0 Å². The maximum Gasteiger partial charge on any atom is 0.164 e. The molecule has 0 radical (unpaired) electrons. The van der Waals surface area contributed by atoms with Gasteiger partial charge >= 0.3 is 0 Å².